The van der Waals surface area contributed by atoms with Crippen LogP contribution in [0.15, 0.2) is 36.4 Å². The smallest absolute Gasteiger partial charge is 0.414 e. The Labute approximate surface area is 181 Å². The highest BCUT2D eigenvalue weighted by Crippen LogP contribution is 2.46. The van der Waals surface area contributed by atoms with Gasteiger partial charge in [0.15, 0.2) is 0 Å². The van der Waals surface area contributed by atoms with Crippen molar-refractivity contribution in [3.63, 3.8) is 0 Å². The zero-order valence-electron chi connectivity index (χ0n) is 17.7. The number of ether oxygens (including phenoxy) is 2. The molecule has 0 saturated heterocycles. The molecule has 6 nitrogen and oxygen atoms in total. The Morgan fingerprint density at radius 2 is 2.03 bits per heavy atom. The predicted molar refractivity (Wildman–Crippen MR) is 119 cm³/mol. The molecule has 4 rings (SSSR count). The minimum atomic E-state index is -0.585. The number of rotatable bonds is 4. The molecule has 3 aromatic rings. The molecule has 1 aliphatic rings. The van der Waals surface area contributed by atoms with Crippen molar-refractivity contribution in [2.45, 2.75) is 45.8 Å². The molecule has 0 aliphatic carbocycles. The number of alkyl halides is 1. The fraction of sp³-hybridized carbons (Fsp3) is 0.391. The number of benzene rings is 2. The third-order valence-corrected chi connectivity index (χ3v) is 5.51. The van der Waals surface area contributed by atoms with Crippen LogP contribution in [0, 0.1) is 6.92 Å². The number of H-pyrrole nitrogens is 1. The molecule has 2 aromatic carbocycles. The van der Waals surface area contributed by atoms with Gasteiger partial charge >= 0.3 is 6.09 Å². The average molecular weight is 428 g/mol. The topological polar surface area (TPSA) is 67.5 Å². The van der Waals surface area contributed by atoms with Crippen molar-refractivity contribution in [1.29, 1.82) is 0 Å². The molecule has 1 aromatic heterocycles. The monoisotopic (exact) mass is 427 g/mol. The highest BCUT2D eigenvalue weighted by Gasteiger charge is 2.37. The molecule has 7 heteroatoms. The van der Waals surface area contributed by atoms with E-state index in [9.17, 15) is 4.79 Å². The fourth-order valence-electron chi connectivity index (χ4n) is 3.84. The van der Waals surface area contributed by atoms with Crippen LogP contribution in [0.25, 0.3) is 10.9 Å². The van der Waals surface area contributed by atoms with Crippen LogP contribution in [0.1, 0.15) is 43.5 Å². The summed E-state index contributed by atoms with van der Waals surface area (Å²) in [5, 5.41) is 8.51. The van der Waals surface area contributed by atoms with Gasteiger partial charge in [-0.25, -0.2) is 4.79 Å². The largest absolute Gasteiger partial charge is 0.486 e. The lowest BCUT2D eigenvalue weighted by Crippen LogP contribution is -2.36. The number of aromatic amines is 1. The van der Waals surface area contributed by atoms with E-state index >= 15 is 0 Å². The molecule has 1 atom stereocenters. The van der Waals surface area contributed by atoms with Gasteiger partial charge in [0.05, 0.1) is 5.69 Å². The molecule has 0 bridgehead atoms. The van der Waals surface area contributed by atoms with E-state index < -0.39 is 5.60 Å². The summed E-state index contributed by atoms with van der Waals surface area (Å²) in [4.78, 5) is 14.6. The highest BCUT2D eigenvalue weighted by molar-refractivity contribution is 6.19. The van der Waals surface area contributed by atoms with Gasteiger partial charge in [0.2, 0.25) is 0 Å². The second-order valence-corrected chi connectivity index (χ2v) is 8.90. The standard InChI is InChI=1S/C23H26ClN3O3/c1-14-19-20-16(11-24)12-27(22(28)30-23(2,3)4)17(20)10-18(21(19)26-25-14)29-13-15-8-6-5-7-9-15/h5-10,16H,11-13H2,1-4H3,(H,25,26). The van der Waals surface area contributed by atoms with E-state index in [4.69, 9.17) is 21.1 Å². The van der Waals surface area contributed by atoms with E-state index in [2.05, 4.69) is 10.2 Å². The molecule has 30 heavy (non-hydrogen) atoms. The summed E-state index contributed by atoms with van der Waals surface area (Å²) >= 11 is 6.30. The summed E-state index contributed by atoms with van der Waals surface area (Å²) in [5.41, 5.74) is 3.94. The maximum absolute atomic E-state index is 12.9. The number of anilines is 1. The molecule has 158 valence electrons. The van der Waals surface area contributed by atoms with Gasteiger partial charge in [0.1, 0.15) is 23.5 Å². The molecular weight excluding hydrogens is 402 g/mol. The van der Waals surface area contributed by atoms with Crippen LogP contribution in [0.4, 0.5) is 10.5 Å². The number of aromatic nitrogens is 2. The number of carbonyl (C=O) groups excluding carboxylic acids is 1. The minimum Gasteiger partial charge on any atom is -0.486 e. The quantitative estimate of drug-likeness (QED) is 0.556. The van der Waals surface area contributed by atoms with Crippen LogP contribution in [0.3, 0.4) is 0 Å². The summed E-state index contributed by atoms with van der Waals surface area (Å²) in [6.45, 7) is 8.43. The van der Waals surface area contributed by atoms with E-state index in [1.54, 1.807) is 4.90 Å². The number of halogens is 1. The van der Waals surface area contributed by atoms with Crippen molar-refractivity contribution in [1.82, 2.24) is 10.2 Å². The molecule has 1 N–H and O–H groups in total. The number of carbonyl (C=O) groups is 1. The molecule has 2 heterocycles. The van der Waals surface area contributed by atoms with E-state index in [0.29, 0.717) is 24.8 Å². The number of aryl methyl sites for hydroxylation is 1. The first-order valence-corrected chi connectivity index (χ1v) is 10.6. The second-order valence-electron chi connectivity index (χ2n) is 8.60. The number of amides is 1. The molecular formula is C23H26ClN3O3. The van der Waals surface area contributed by atoms with Crippen LogP contribution in [0.5, 0.6) is 5.75 Å². The van der Waals surface area contributed by atoms with Crippen molar-refractivity contribution in [3.05, 3.63) is 53.2 Å². The molecule has 1 aliphatic heterocycles. The SMILES string of the molecule is Cc1[nH]nc2c(OCc3ccccc3)cc3c(c12)C(CCl)CN3C(=O)OC(C)(C)C. The van der Waals surface area contributed by atoms with E-state index in [-0.39, 0.29) is 12.0 Å². The third-order valence-electron chi connectivity index (χ3n) is 5.13. The van der Waals surface area contributed by atoms with Gasteiger partial charge in [0.25, 0.3) is 0 Å². The van der Waals surface area contributed by atoms with Crippen molar-refractivity contribution in [2.24, 2.45) is 0 Å². The van der Waals surface area contributed by atoms with Crippen LogP contribution >= 0.6 is 11.6 Å². The lowest BCUT2D eigenvalue weighted by Gasteiger charge is -2.25. The van der Waals surface area contributed by atoms with E-state index in [1.165, 1.54) is 0 Å². The Morgan fingerprint density at radius 1 is 1.30 bits per heavy atom. The van der Waals surface area contributed by atoms with Crippen LogP contribution in [0.2, 0.25) is 0 Å². The third kappa shape index (κ3) is 3.84. The summed E-state index contributed by atoms with van der Waals surface area (Å²) < 4.78 is 11.8. The number of hydrogen-bond donors (Lipinski definition) is 1. The zero-order chi connectivity index (χ0) is 21.5. The summed E-state index contributed by atoms with van der Waals surface area (Å²) in [7, 11) is 0. The van der Waals surface area contributed by atoms with Gasteiger partial charge in [-0.15, -0.1) is 11.6 Å². The molecule has 1 amide bonds. The van der Waals surface area contributed by atoms with Crippen molar-refractivity contribution in [2.75, 3.05) is 17.3 Å². The first kappa shape index (κ1) is 20.5. The summed E-state index contributed by atoms with van der Waals surface area (Å²) in [5.74, 6) is 1.02. The predicted octanol–water partition coefficient (Wildman–Crippen LogP) is 5.53. The van der Waals surface area contributed by atoms with Gasteiger partial charge < -0.3 is 9.47 Å². The van der Waals surface area contributed by atoms with Gasteiger partial charge in [-0.1, -0.05) is 30.3 Å². The van der Waals surface area contributed by atoms with E-state index in [1.807, 2.05) is 64.1 Å². The Kier molecular flexibility index (Phi) is 5.36. The fourth-order valence-corrected chi connectivity index (χ4v) is 4.10. The van der Waals surface area contributed by atoms with Crippen LogP contribution < -0.4 is 9.64 Å². The second kappa shape index (κ2) is 7.84. The van der Waals surface area contributed by atoms with Crippen LogP contribution in [-0.2, 0) is 11.3 Å². The molecule has 0 spiro atoms. The normalized spacial score (nSPS) is 16.0. The summed E-state index contributed by atoms with van der Waals surface area (Å²) in [6, 6.07) is 11.8. The molecule has 1 unspecified atom stereocenters. The number of nitrogens with one attached hydrogen (secondary N) is 1. The van der Waals surface area contributed by atoms with Gasteiger partial charge in [-0.2, -0.15) is 5.10 Å². The first-order valence-electron chi connectivity index (χ1n) is 10.0. The van der Waals surface area contributed by atoms with Gasteiger partial charge in [-0.3, -0.25) is 10.00 Å². The Morgan fingerprint density at radius 3 is 2.70 bits per heavy atom. The highest BCUT2D eigenvalue weighted by atomic mass is 35.5. The average Bonchev–Trinajstić information content (AvgIpc) is 3.26. The lowest BCUT2D eigenvalue weighted by atomic mass is 9.97. The number of fused-ring (bicyclic) bond motifs is 3. The molecule has 0 radical (unpaired) electrons. The van der Waals surface area contributed by atoms with Crippen molar-refractivity contribution < 1.29 is 14.3 Å². The number of nitrogens with zero attached hydrogens (tertiary/aromatic N) is 2. The van der Waals surface area contributed by atoms with Crippen LogP contribution in [-0.4, -0.2) is 34.3 Å². The lowest BCUT2D eigenvalue weighted by molar-refractivity contribution is 0.0582. The molecule has 0 fully saturated rings. The Balaban J connectivity index is 1.78. The van der Waals surface area contributed by atoms with Crippen molar-refractivity contribution >= 4 is 34.3 Å². The van der Waals surface area contributed by atoms with Gasteiger partial charge in [-0.05, 0) is 38.8 Å². The molecule has 0 saturated carbocycles. The van der Waals surface area contributed by atoms with Gasteiger partial charge in [0, 0.05) is 35.5 Å². The number of hydrogen-bond acceptors (Lipinski definition) is 4. The first-order chi connectivity index (χ1) is 14.3. The maximum atomic E-state index is 12.9. The Hall–Kier alpha value is -2.73. The minimum absolute atomic E-state index is 0.00356. The maximum Gasteiger partial charge on any atom is 0.414 e. The zero-order valence-corrected chi connectivity index (χ0v) is 18.4. The van der Waals surface area contributed by atoms with Crippen molar-refractivity contribution in [3.8, 4) is 5.75 Å². The van der Waals surface area contributed by atoms with E-state index in [0.717, 1.165) is 33.4 Å². The summed E-state index contributed by atoms with van der Waals surface area (Å²) in [6.07, 6.45) is -0.383. The Bertz CT molecular complexity index is 1070.